The Bertz CT molecular complexity index is 464. The lowest BCUT2D eigenvalue weighted by atomic mass is 9.99. The van der Waals surface area contributed by atoms with Gasteiger partial charge in [-0.05, 0) is 47.7 Å². The molecule has 0 fully saturated rings. The van der Waals surface area contributed by atoms with Gasteiger partial charge in [-0.2, -0.15) is 0 Å². The van der Waals surface area contributed by atoms with Gasteiger partial charge in [-0.1, -0.05) is 30.9 Å². The van der Waals surface area contributed by atoms with Gasteiger partial charge in [0.25, 0.3) is 0 Å². The number of hydrogen-bond donors (Lipinski definition) is 1. The van der Waals surface area contributed by atoms with Crippen molar-refractivity contribution in [1.82, 2.24) is 0 Å². The summed E-state index contributed by atoms with van der Waals surface area (Å²) in [5.41, 5.74) is 11.4. The number of rotatable bonds is 2. The fraction of sp³-hybridized carbons (Fsp3) is 0.143. The van der Waals surface area contributed by atoms with E-state index in [1.807, 2.05) is 13.0 Å². The molecule has 1 heteroatoms. The van der Waals surface area contributed by atoms with E-state index in [-0.39, 0.29) is 0 Å². The second-order valence-corrected chi connectivity index (χ2v) is 3.80. The molecule has 1 aromatic rings. The van der Waals surface area contributed by atoms with Crippen LogP contribution in [0.25, 0.3) is 11.6 Å². The molecule has 0 heterocycles. The van der Waals surface area contributed by atoms with E-state index in [0.29, 0.717) is 0 Å². The minimum atomic E-state index is 0.830. The maximum absolute atomic E-state index is 5.95. The van der Waals surface area contributed by atoms with E-state index in [9.17, 15) is 0 Å². The van der Waals surface area contributed by atoms with Crippen LogP contribution in [0.1, 0.15) is 23.1 Å². The zero-order valence-corrected chi connectivity index (χ0v) is 8.96. The minimum Gasteiger partial charge on any atom is -0.398 e. The van der Waals surface area contributed by atoms with Gasteiger partial charge in [-0.15, -0.1) is 0 Å². The smallest absolute Gasteiger partial charge is 0.0417 e. The largest absolute Gasteiger partial charge is 0.398 e. The summed E-state index contributed by atoms with van der Waals surface area (Å²) in [5.74, 6) is 0. The van der Waals surface area contributed by atoms with E-state index >= 15 is 0 Å². The van der Waals surface area contributed by atoms with E-state index in [2.05, 4.69) is 36.9 Å². The second-order valence-electron chi connectivity index (χ2n) is 3.80. The average molecular weight is 197 g/mol. The van der Waals surface area contributed by atoms with Crippen molar-refractivity contribution >= 4 is 17.3 Å². The molecule has 0 bridgehead atoms. The number of nitrogen functional groups attached to an aromatic ring is 1. The van der Waals surface area contributed by atoms with Crippen molar-refractivity contribution < 1.29 is 0 Å². The van der Waals surface area contributed by atoms with Crippen molar-refractivity contribution in [2.45, 2.75) is 13.3 Å². The summed E-state index contributed by atoms with van der Waals surface area (Å²) in [4.78, 5) is 0. The lowest BCUT2D eigenvalue weighted by molar-refractivity contribution is 1.43. The van der Waals surface area contributed by atoms with Crippen LogP contribution in [-0.2, 0) is 0 Å². The van der Waals surface area contributed by atoms with Crippen LogP contribution < -0.4 is 5.73 Å². The van der Waals surface area contributed by atoms with Gasteiger partial charge in [0.2, 0.25) is 0 Å². The maximum Gasteiger partial charge on any atom is 0.0417 e. The third-order valence-electron chi connectivity index (χ3n) is 2.74. The van der Waals surface area contributed by atoms with Crippen LogP contribution in [0.3, 0.4) is 0 Å². The molecule has 0 saturated carbocycles. The number of nitrogens with two attached hydrogens (primary N) is 1. The van der Waals surface area contributed by atoms with Gasteiger partial charge in [0, 0.05) is 5.69 Å². The Hall–Kier alpha value is -1.76. The normalized spacial score (nSPS) is 14.1. The third kappa shape index (κ3) is 1.73. The number of benzene rings is 1. The van der Waals surface area contributed by atoms with Crippen molar-refractivity contribution in [3.63, 3.8) is 0 Å². The average Bonchev–Trinajstić information content (AvgIpc) is 2.75. The molecular weight excluding hydrogens is 182 g/mol. The molecule has 15 heavy (non-hydrogen) atoms. The Morgan fingerprint density at radius 3 is 2.80 bits per heavy atom. The molecule has 0 unspecified atom stereocenters. The zero-order chi connectivity index (χ0) is 10.8. The lowest BCUT2D eigenvalue weighted by Crippen LogP contribution is -1.95. The highest BCUT2D eigenvalue weighted by Crippen LogP contribution is 2.27. The van der Waals surface area contributed by atoms with Crippen LogP contribution in [0.4, 0.5) is 5.69 Å². The first-order chi connectivity index (χ1) is 7.22. The second kappa shape index (κ2) is 3.77. The summed E-state index contributed by atoms with van der Waals surface area (Å²) in [5, 5.41) is 0. The fourth-order valence-corrected chi connectivity index (χ4v) is 1.83. The van der Waals surface area contributed by atoms with Crippen molar-refractivity contribution in [1.29, 1.82) is 0 Å². The summed E-state index contributed by atoms with van der Waals surface area (Å²) in [6, 6.07) is 4.22. The SMILES string of the molecule is C=Cc1cc(C2=CCC=C2)cc(C)c1N. The van der Waals surface area contributed by atoms with Crippen molar-refractivity contribution in [2.75, 3.05) is 5.73 Å². The summed E-state index contributed by atoms with van der Waals surface area (Å²) in [6.45, 7) is 5.82. The number of aryl methyl sites for hydroxylation is 1. The van der Waals surface area contributed by atoms with Gasteiger partial charge in [0.05, 0.1) is 0 Å². The molecule has 76 valence electrons. The van der Waals surface area contributed by atoms with E-state index < -0.39 is 0 Å². The van der Waals surface area contributed by atoms with Crippen LogP contribution in [0.15, 0.2) is 36.9 Å². The molecule has 1 aromatic carbocycles. The maximum atomic E-state index is 5.95. The summed E-state index contributed by atoms with van der Waals surface area (Å²) in [6.07, 6.45) is 9.37. The molecule has 0 amide bonds. The van der Waals surface area contributed by atoms with E-state index in [4.69, 9.17) is 5.73 Å². The Morgan fingerprint density at radius 2 is 2.20 bits per heavy atom. The number of anilines is 1. The molecule has 0 aromatic heterocycles. The molecule has 2 rings (SSSR count). The van der Waals surface area contributed by atoms with Crippen LogP contribution in [0.5, 0.6) is 0 Å². The van der Waals surface area contributed by atoms with Gasteiger partial charge in [-0.3, -0.25) is 0 Å². The minimum absolute atomic E-state index is 0.830. The molecule has 0 saturated heterocycles. The molecule has 1 aliphatic rings. The zero-order valence-electron chi connectivity index (χ0n) is 8.96. The van der Waals surface area contributed by atoms with Gasteiger partial charge >= 0.3 is 0 Å². The van der Waals surface area contributed by atoms with Crippen molar-refractivity contribution in [3.05, 3.63) is 53.6 Å². The predicted octanol–water partition coefficient (Wildman–Crippen LogP) is 3.56. The summed E-state index contributed by atoms with van der Waals surface area (Å²) >= 11 is 0. The highest BCUT2D eigenvalue weighted by molar-refractivity contribution is 5.80. The van der Waals surface area contributed by atoms with Gasteiger partial charge in [0.1, 0.15) is 0 Å². The molecule has 0 aliphatic heterocycles. The van der Waals surface area contributed by atoms with Gasteiger partial charge in [0.15, 0.2) is 0 Å². The molecular formula is C14H15N. The van der Waals surface area contributed by atoms with Gasteiger partial charge in [-0.25, -0.2) is 0 Å². The Morgan fingerprint density at radius 1 is 1.40 bits per heavy atom. The standard InChI is InChI=1S/C14H15N/c1-3-11-9-13(8-10(2)14(11)15)12-6-4-5-7-12/h3-4,6-9H,1,5,15H2,2H3. The molecule has 0 atom stereocenters. The molecule has 2 N–H and O–H groups in total. The lowest BCUT2D eigenvalue weighted by Gasteiger charge is -2.09. The van der Waals surface area contributed by atoms with E-state index in [1.54, 1.807) is 0 Å². The molecule has 1 aliphatic carbocycles. The van der Waals surface area contributed by atoms with Crippen LogP contribution >= 0.6 is 0 Å². The molecule has 1 nitrogen and oxygen atoms in total. The highest BCUT2D eigenvalue weighted by Gasteiger charge is 2.06. The number of allylic oxidation sites excluding steroid dienone is 4. The van der Waals surface area contributed by atoms with Gasteiger partial charge < -0.3 is 5.73 Å². The first-order valence-electron chi connectivity index (χ1n) is 5.12. The van der Waals surface area contributed by atoms with Crippen LogP contribution in [-0.4, -0.2) is 0 Å². The summed E-state index contributed by atoms with van der Waals surface area (Å²) < 4.78 is 0. The fourth-order valence-electron chi connectivity index (χ4n) is 1.83. The monoisotopic (exact) mass is 197 g/mol. The van der Waals surface area contributed by atoms with E-state index in [1.165, 1.54) is 11.1 Å². The van der Waals surface area contributed by atoms with Crippen molar-refractivity contribution in [2.24, 2.45) is 0 Å². The van der Waals surface area contributed by atoms with Crippen LogP contribution in [0, 0.1) is 6.92 Å². The Balaban J connectivity index is 2.54. The first kappa shape index (κ1) is 9.78. The topological polar surface area (TPSA) is 26.0 Å². The highest BCUT2D eigenvalue weighted by atomic mass is 14.6. The Kier molecular flexibility index (Phi) is 2.46. The summed E-state index contributed by atoms with van der Waals surface area (Å²) in [7, 11) is 0. The molecule has 0 spiro atoms. The Labute approximate surface area is 90.6 Å². The van der Waals surface area contributed by atoms with E-state index in [0.717, 1.165) is 23.2 Å². The quantitative estimate of drug-likeness (QED) is 0.721. The number of hydrogen-bond acceptors (Lipinski definition) is 1. The van der Waals surface area contributed by atoms with Crippen LogP contribution in [0.2, 0.25) is 0 Å². The third-order valence-corrected chi connectivity index (χ3v) is 2.74. The first-order valence-corrected chi connectivity index (χ1v) is 5.12. The van der Waals surface area contributed by atoms with Crippen molar-refractivity contribution in [3.8, 4) is 0 Å². The predicted molar refractivity (Wildman–Crippen MR) is 67.4 cm³/mol. The molecule has 0 radical (unpaired) electrons.